The van der Waals surface area contributed by atoms with Crippen LogP contribution in [0.1, 0.15) is 44.9 Å². The molecule has 1 fully saturated rings. The highest BCUT2D eigenvalue weighted by atomic mass is 32.2. The van der Waals surface area contributed by atoms with Crippen LogP contribution in [-0.2, 0) is 6.42 Å². The summed E-state index contributed by atoms with van der Waals surface area (Å²) in [5.74, 6) is 0.958. The van der Waals surface area contributed by atoms with Crippen molar-refractivity contribution in [3.63, 3.8) is 0 Å². The summed E-state index contributed by atoms with van der Waals surface area (Å²) in [7, 11) is 0. The molecule has 96 valence electrons. The quantitative estimate of drug-likeness (QED) is 0.888. The van der Waals surface area contributed by atoms with Gasteiger partial charge in [-0.3, -0.25) is 0 Å². The largest absolute Gasteiger partial charge is 0.359 e. The minimum atomic E-state index is 0.427. The lowest BCUT2D eigenvalue weighted by atomic mass is 9.88. The molecule has 1 saturated carbocycles. The Balaban J connectivity index is 1.90. The Morgan fingerprint density at radius 1 is 1.35 bits per heavy atom. The minimum Gasteiger partial charge on any atom is -0.359 e. The number of aromatic nitrogens is 2. The summed E-state index contributed by atoms with van der Waals surface area (Å²) >= 11 is 3.51. The molecule has 2 rings (SSSR count). The predicted molar refractivity (Wildman–Crippen MR) is 77.1 cm³/mol. The maximum atomic E-state index is 4.47. The zero-order valence-electron chi connectivity index (χ0n) is 10.7. The van der Waals surface area contributed by atoms with Crippen LogP contribution in [0.3, 0.4) is 0 Å². The number of nitrogens with one attached hydrogen (secondary N) is 1. The van der Waals surface area contributed by atoms with E-state index in [2.05, 4.69) is 27.9 Å². The average molecular weight is 271 g/mol. The molecule has 0 aliphatic heterocycles. The fourth-order valence-corrected chi connectivity index (χ4v) is 3.91. The van der Waals surface area contributed by atoms with Gasteiger partial charge in [-0.2, -0.15) is 16.1 Å². The molecule has 1 N–H and O–H groups in total. The van der Waals surface area contributed by atoms with Crippen LogP contribution < -0.4 is 5.32 Å². The van der Waals surface area contributed by atoms with E-state index in [1.165, 1.54) is 43.6 Å². The Morgan fingerprint density at radius 3 is 2.71 bits per heavy atom. The number of nitrogens with zero attached hydrogens (tertiary/aromatic N) is 2. The standard InChI is InChI=1S/C12H21N3S2/c1-3-10-14-11(17-15-10)13-9-12(16-2)7-5-4-6-8-12/h3-9H2,1-2H3,(H,13,14,15). The molecular weight excluding hydrogens is 250 g/mol. The number of hydrogen-bond acceptors (Lipinski definition) is 5. The summed E-state index contributed by atoms with van der Waals surface area (Å²) in [6.45, 7) is 3.13. The van der Waals surface area contributed by atoms with Crippen LogP contribution in [0.25, 0.3) is 0 Å². The van der Waals surface area contributed by atoms with Gasteiger partial charge in [-0.25, -0.2) is 4.98 Å². The van der Waals surface area contributed by atoms with Gasteiger partial charge >= 0.3 is 0 Å². The number of hydrogen-bond donors (Lipinski definition) is 1. The van der Waals surface area contributed by atoms with E-state index < -0.39 is 0 Å². The molecule has 1 aliphatic carbocycles. The summed E-state index contributed by atoms with van der Waals surface area (Å²) in [6, 6.07) is 0. The zero-order valence-corrected chi connectivity index (χ0v) is 12.3. The summed E-state index contributed by atoms with van der Waals surface area (Å²) in [5, 5.41) is 4.47. The lowest BCUT2D eigenvalue weighted by molar-refractivity contribution is 0.411. The van der Waals surface area contributed by atoms with Crippen LogP contribution in [0, 0.1) is 0 Å². The van der Waals surface area contributed by atoms with E-state index in [0.29, 0.717) is 4.75 Å². The third-order valence-electron chi connectivity index (χ3n) is 3.54. The van der Waals surface area contributed by atoms with Crippen LogP contribution in [0.2, 0.25) is 0 Å². The Labute approximate surface area is 112 Å². The van der Waals surface area contributed by atoms with Gasteiger partial charge in [-0.15, -0.1) is 0 Å². The van der Waals surface area contributed by atoms with Crippen molar-refractivity contribution in [2.24, 2.45) is 0 Å². The average Bonchev–Trinajstić information content (AvgIpc) is 2.85. The summed E-state index contributed by atoms with van der Waals surface area (Å²) < 4.78 is 4.74. The molecule has 0 spiro atoms. The third kappa shape index (κ3) is 3.35. The molecule has 0 saturated heterocycles. The van der Waals surface area contributed by atoms with Gasteiger partial charge in [0.1, 0.15) is 5.82 Å². The molecule has 1 aromatic rings. The molecular formula is C12H21N3S2. The second-order valence-corrected chi connectivity index (χ2v) is 6.70. The lowest BCUT2D eigenvalue weighted by Crippen LogP contribution is -2.35. The molecule has 1 aliphatic rings. The van der Waals surface area contributed by atoms with Crippen LogP contribution in [0.4, 0.5) is 5.13 Å². The molecule has 0 aromatic carbocycles. The summed E-state index contributed by atoms with van der Waals surface area (Å²) in [6.07, 6.45) is 9.98. The van der Waals surface area contributed by atoms with Crippen molar-refractivity contribution in [3.8, 4) is 0 Å². The van der Waals surface area contributed by atoms with Crippen LogP contribution in [0.15, 0.2) is 0 Å². The van der Waals surface area contributed by atoms with Crippen molar-refractivity contribution in [1.82, 2.24) is 9.36 Å². The van der Waals surface area contributed by atoms with Gasteiger partial charge in [0.05, 0.1) is 0 Å². The molecule has 0 amide bonds. The van der Waals surface area contributed by atoms with Gasteiger partial charge in [0, 0.05) is 29.2 Å². The minimum absolute atomic E-state index is 0.427. The maximum absolute atomic E-state index is 4.47. The predicted octanol–water partition coefficient (Wildman–Crippen LogP) is 3.58. The SMILES string of the molecule is CCc1nsc(NCC2(SC)CCCCC2)n1. The lowest BCUT2D eigenvalue weighted by Gasteiger charge is -2.35. The highest BCUT2D eigenvalue weighted by Gasteiger charge is 2.31. The summed E-state index contributed by atoms with van der Waals surface area (Å²) in [4.78, 5) is 4.47. The highest BCUT2D eigenvalue weighted by molar-refractivity contribution is 8.00. The Morgan fingerprint density at radius 2 is 2.12 bits per heavy atom. The molecule has 0 atom stereocenters. The highest BCUT2D eigenvalue weighted by Crippen LogP contribution is 2.38. The smallest absolute Gasteiger partial charge is 0.202 e. The van der Waals surface area contributed by atoms with E-state index >= 15 is 0 Å². The Bertz CT molecular complexity index is 345. The zero-order chi connectivity index (χ0) is 12.1. The first-order valence-corrected chi connectivity index (χ1v) is 8.39. The molecule has 0 radical (unpaired) electrons. The maximum Gasteiger partial charge on any atom is 0.202 e. The van der Waals surface area contributed by atoms with Crippen molar-refractivity contribution >= 4 is 28.4 Å². The fraction of sp³-hybridized carbons (Fsp3) is 0.833. The van der Waals surface area contributed by atoms with E-state index in [1.807, 2.05) is 11.8 Å². The normalized spacial score (nSPS) is 19.2. The number of thioether (sulfide) groups is 1. The van der Waals surface area contributed by atoms with Gasteiger partial charge in [-0.05, 0) is 19.1 Å². The number of aryl methyl sites for hydroxylation is 1. The Hall–Kier alpha value is -0.290. The van der Waals surface area contributed by atoms with E-state index in [-0.39, 0.29) is 0 Å². The molecule has 3 nitrogen and oxygen atoms in total. The third-order valence-corrected chi connectivity index (χ3v) is 5.67. The van der Waals surface area contributed by atoms with Crippen molar-refractivity contribution in [3.05, 3.63) is 5.82 Å². The fourth-order valence-electron chi connectivity index (χ4n) is 2.36. The van der Waals surface area contributed by atoms with Gasteiger partial charge in [0.25, 0.3) is 0 Å². The van der Waals surface area contributed by atoms with Gasteiger partial charge < -0.3 is 5.32 Å². The molecule has 1 aromatic heterocycles. The molecule has 0 bridgehead atoms. The van der Waals surface area contributed by atoms with Crippen LogP contribution >= 0.6 is 23.3 Å². The van der Waals surface area contributed by atoms with Crippen molar-refractivity contribution in [1.29, 1.82) is 0 Å². The van der Waals surface area contributed by atoms with E-state index in [1.54, 1.807) is 0 Å². The first kappa shape index (κ1) is 13.1. The van der Waals surface area contributed by atoms with E-state index in [4.69, 9.17) is 0 Å². The topological polar surface area (TPSA) is 37.8 Å². The summed E-state index contributed by atoms with van der Waals surface area (Å²) in [5.41, 5.74) is 0. The number of anilines is 1. The monoisotopic (exact) mass is 271 g/mol. The molecule has 0 unspecified atom stereocenters. The number of rotatable bonds is 5. The van der Waals surface area contributed by atoms with Gasteiger partial charge in [0.2, 0.25) is 5.13 Å². The van der Waals surface area contributed by atoms with Crippen LogP contribution in [-0.4, -0.2) is 26.9 Å². The first-order valence-electron chi connectivity index (χ1n) is 6.39. The molecule has 5 heteroatoms. The van der Waals surface area contributed by atoms with Crippen molar-refractivity contribution < 1.29 is 0 Å². The first-order chi connectivity index (χ1) is 8.28. The van der Waals surface area contributed by atoms with Gasteiger partial charge in [-0.1, -0.05) is 26.2 Å². The van der Waals surface area contributed by atoms with Crippen molar-refractivity contribution in [2.45, 2.75) is 50.2 Å². The van der Waals surface area contributed by atoms with Gasteiger partial charge in [0.15, 0.2) is 0 Å². The van der Waals surface area contributed by atoms with E-state index in [9.17, 15) is 0 Å². The van der Waals surface area contributed by atoms with E-state index in [0.717, 1.165) is 23.9 Å². The van der Waals surface area contributed by atoms with Crippen LogP contribution in [0.5, 0.6) is 0 Å². The second kappa shape index (κ2) is 6.05. The van der Waals surface area contributed by atoms with Crippen molar-refractivity contribution in [2.75, 3.05) is 18.1 Å². The molecule has 17 heavy (non-hydrogen) atoms. The second-order valence-electron chi connectivity index (χ2n) is 4.67. The molecule has 1 heterocycles. The Kier molecular flexibility index (Phi) is 4.68.